The Morgan fingerprint density at radius 3 is 1.80 bits per heavy atom. The third-order valence-electron chi connectivity index (χ3n) is 4.08. The SMILES string of the molecule is CC1C=Cc2c1c(N)c(N)c1c(N)c(N)c(N)c(N)c21. The normalized spacial score (nSPS) is 16.8. The average molecular weight is 270 g/mol. The van der Waals surface area contributed by atoms with E-state index in [1.54, 1.807) is 0 Å². The molecule has 0 amide bonds. The van der Waals surface area contributed by atoms with Crippen molar-refractivity contribution in [1.82, 2.24) is 0 Å². The summed E-state index contributed by atoms with van der Waals surface area (Å²) in [4.78, 5) is 0. The van der Waals surface area contributed by atoms with E-state index in [1.165, 1.54) is 0 Å². The number of nitrogen functional groups attached to an aromatic ring is 6. The highest BCUT2D eigenvalue weighted by Gasteiger charge is 2.26. The molecule has 104 valence electrons. The molecule has 1 unspecified atom stereocenters. The zero-order chi connectivity index (χ0) is 14.8. The molecule has 0 aromatic heterocycles. The highest BCUT2D eigenvalue weighted by molar-refractivity contribution is 6.21. The van der Waals surface area contributed by atoms with E-state index in [0.717, 1.165) is 16.5 Å². The second-order valence-electron chi connectivity index (χ2n) is 5.21. The molecule has 2 aromatic carbocycles. The molecule has 0 fully saturated rings. The Morgan fingerprint density at radius 2 is 1.20 bits per heavy atom. The van der Waals surface area contributed by atoms with Crippen LogP contribution in [0, 0.1) is 0 Å². The van der Waals surface area contributed by atoms with E-state index in [-0.39, 0.29) is 17.3 Å². The lowest BCUT2D eigenvalue weighted by atomic mass is 9.91. The molecule has 2 aromatic rings. The second kappa shape index (κ2) is 3.63. The molecule has 1 atom stereocenters. The van der Waals surface area contributed by atoms with Crippen LogP contribution < -0.4 is 34.4 Å². The molecule has 0 heterocycles. The van der Waals surface area contributed by atoms with Crippen LogP contribution in [0.1, 0.15) is 24.0 Å². The molecule has 20 heavy (non-hydrogen) atoms. The van der Waals surface area contributed by atoms with Crippen LogP contribution in [0.25, 0.3) is 16.8 Å². The van der Waals surface area contributed by atoms with Gasteiger partial charge in [-0.1, -0.05) is 19.1 Å². The maximum atomic E-state index is 6.16. The summed E-state index contributed by atoms with van der Waals surface area (Å²) in [6.07, 6.45) is 4.02. The smallest absolute Gasteiger partial charge is 0.0810 e. The van der Waals surface area contributed by atoms with Crippen molar-refractivity contribution >= 4 is 51.0 Å². The standard InChI is InChI=1S/C14H18N6/c1-4-2-3-5-6(4)9(15)11(17)8-7(5)10(16)13(19)14(20)12(8)18/h2-4H,15-20H2,1H3. The Hall–Kier alpha value is -2.76. The molecule has 6 nitrogen and oxygen atoms in total. The van der Waals surface area contributed by atoms with E-state index in [1.807, 2.05) is 19.1 Å². The van der Waals surface area contributed by atoms with Crippen LogP contribution in [-0.4, -0.2) is 0 Å². The van der Waals surface area contributed by atoms with Gasteiger partial charge in [0.1, 0.15) is 0 Å². The van der Waals surface area contributed by atoms with Gasteiger partial charge in [0, 0.05) is 16.7 Å². The van der Waals surface area contributed by atoms with E-state index in [0.29, 0.717) is 28.1 Å². The van der Waals surface area contributed by atoms with E-state index in [4.69, 9.17) is 34.4 Å². The predicted octanol–water partition coefficient (Wildman–Crippen LogP) is 1.46. The van der Waals surface area contributed by atoms with Gasteiger partial charge in [0.25, 0.3) is 0 Å². The number of hydrogen-bond acceptors (Lipinski definition) is 6. The fourth-order valence-electron chi connectivity index (χ4n) is 2.95. The number of anilines is 6. The highest BCUT2D eigenvalue weighted by Crippen LogP contribution is 2.50. The van der Waals surface area contributed by atoms with E-state index in [2.05, 4.69) is 0 Å². The van der Waals surface area contributed by atoms with Crippen LogP contribution >= 0.6 is 0 Å². The topological polar surface area (TPSA) is 156 Å². The predicted molar refractivity (Wildman–Crippen MR) is 87.9 cm³/mol. The molecular weight excluding hydrogens is 252 g/mol. The molecule has 6 heteroatoms. The van der Waals surface area contributed by atoms with Crippen LogP contribution in [0.4, 0.5) is 34.1 Å². The summed E-state index contributed by atoms with van der Waals surface area (Å²) < 4.78 is 0. The Balaban J connectivity index is 2.66. The number of hydrogen-bond donors (Lipinski definition) is 6. The molecule has 1 aliphatic carbocycles. The lowest BCUT2D eigenvalue weighted by molar-refractivity contribution is 0.997. The first kappa shape index (κ1) is 12.3. The van der Waals surface area contributed by atoms with E-state index >= 15 is 0 Å². The van der Waals surface area contributed by atoms with Crippen LogP contribution in [0.15, 0.2) is 6.08 Å². The lowest BCUT2D eigenvalue weighted by Crippen LogP contribution is -2.10. The summed E-state index contributed by atoms with van der Waals surface area (Å²) in [5.41, 5.74) is 40.4. The minimum absolute atomic E-state index is 0.177. The third kappa shape index (κ3) is 1.22. The minimum Gasteiger partial charge on any atom is -0.397 e. The maximum absolute atomic E-state index is 6.16. The Bertz CT molecular complexity index is 791. The molecule has 12 N–H and O–H groups in total. The van der Waals surface area contributed by atoms with Gasteiger partial charge in [-0.05, 0) is 11.1 Å². The maximum Gasteiger partial charge on any atom is 0.0810 e. The molecule has 1 aliphatic rings. The fraction of sp³-hybridized carbons (Fsp3) is 0.143. The van der Waals surface area contributed by atoms with Crippen molar-refractivity contribution < 1.29 is 0 Å². The van der Waals surface area contributed by atoms with E-state index < -0.39 is 0 Å². The number of nitrogens with two attached hydrogens (primary N) is 6. The van der Waals surface area contributed by atoms with Gasteiger partial charge in [-0.25, -0.2) is 0 Å². The lowest BCUT2D eigenvalue weighted by Gasteiger charge is -2.20. The summed E-state index contributed by atoms with van der Waals surface area (Å²) in [5.74, 6) is 0.177. The second-order valence-corrected chi connectivity index (χ2v) is 5.21. The monoisotopic (exact) mass is 270 g/mol. The molecular formula is C14H18N6. The molecule has 0 saturated heterocycles. The van der Waals surface area contributed by atoms with Crippen molar-refractivity contribution in [3.8, 4) is 0 Å². The van der Waals surface area contributed by atoms with Crippen LogP contribution in [0.2, 0.25) is 0 Å². The quantitative estimate of drug-likeness (QED) is 0.314. The first-order chi connectivity index (χ1) is 9.36. The summed E-state index contributed by atoms with van der Waals surface area (Å²) in [5, 5.41) is 1.32. The van der Waals surface area contributed by atoms with Gasteiger partial charge in [-0.2, -0.15) is 0 Å². The zero-order valence-electron chi connectivity index (χ0n) is 11.2. The summed E-state index contributed by atoms with van der Waals surface area (Å²) in [7, 11) is 0. The Morgan fingerprint density at radius 1 is 0.700 bits per heavy atom. The van der Waals surface area contributed by atoms with E-state index in [9.17, 15) is 0 Å². The average Bonchev–Trinajstić information content (AvgIpc) is 2.80. The Labute approximate surface area is 116 Å². The fourth-order valence-corrected chi connectivity index (χ4v) is 2.95. The third-order valence-corrected chi connectivity index (χ3v) is 4.08. The van der Waals surface area contributed by atoms with Gasteiger partial charge in [0.15, 0.2) is 0 Å². The van der Waals surface area contributed by atoms with Gasteiger partial charge < -0.3 is 34.4 Å². The molecule has 3 rings (SSSR count). The Kier molecular flexibility index (Phi) is 2.23. The van der Waals surface area contributed by atoms with Gasteiger partial charge in [0.2, 0.25) is 0 Å². The largest absolute Gasteiger partial charge is 0.397 e. The van der Waals surface area contributed by atoms with Crippen LogP contribution in [-0.2, 0) is 0 Å². The van der Waals surface area contributed by atoms with Crippen molar-refractivity contribution in [3.63, 3.8) is 0 Å². The molecule has 0 spiro atoms. The van der Waals surface area contributed by atoms with Gasteiger partial charge >= 0.3 is 0 Å². The van der Waals surface area contributed by atoms with Crippen molar-refractivity contribution in [3.05, 3.63) is 17.2 Å². The first-order valence-corrected chi connectivity index (χ1v) is 6.30. The summed E-state index contributed by atoms with van der Waals surface area (Å²) in [6.45, 7) is 2.05. The zero-order valence-corrected chi connectivity index (χ0v) is 11.2. The van der Waals surface area contributed by atoms with Crippen molar-refractivity contribution in [1.29, 1.82) is 0 Å². The molecule has 0 radical (unpaired) electrons. The summed E-state index contributed by atoms with van der Waals surface area (Å²) in [6, 6.07) is 0. The number of fused-ring (bicyclic) bond motifs is 3. The van der Waals surface area contributed by atoms with Crippen molar-refractivity contribution in [2.24, 2.45) is 0 Å². The first-order valence-electron chi connectivity index (χ1n) is 6.30. The van der Waals surface area contributed by atoms with Crippen molar-refractivity contribution in [2.75, 3.05) is 34.4 Å². The number of allylic oxidation sites excluding steroid dienone is 1. The highest BCUT2D eigenvalue weighted by atomic mass is 14.8. The molecule has 0 bridgehead atoms. The number of benzene rings is 2. The molecule has 0 saturated carbocycles. The molecule has 0 aliphatic heterocycles. The van der Waals surface area contributed by atoms with Crippen LogP contribution in [0.5, 0.6) is 0 Å². The number of rotatable bonds is 0. The van der Waals surface area contributed by atoms with Gasteiger partial charge in [-0.15, -0.1) is 0 Å². The van der Waals surface area contributed by atoms with Crippen LogP contribution in [0.3, 0.4) is 0 Å². The minimum atomic E-state index is 0.177. The van der Waals surface area contributed by atoms with Gasteiger partial charge in [0.05, 0.1) is 34.1 Å². The van der Waals surface area contributed by atoms with Crippen molar-refractivity contribution in [2.45, 2.75) is 12.8 Å². The van der Waals surface area contributed by atoms with Gasteiger partial charge in [-0.3, -0.25) is 0 Å². The summed E-state index contributed by atoms with van der Waals surface area (Å²) >= 11 is 0.